The van der Waals surface area contributed by atoms with E-state index in [1.165, 1.54) is 61.3 Å². The third kappa shape index (κ3) is 8.03. The molecule has 1 saturated carbocycles. The Hall–Kier alpha value is -6.18. The lowest BCUT2D eigenvalue weighted by molar-refractivity contribution is -0.138. The van der Waals surface area contributed by atoms with Gasteiger partial charge >= 0.3 is 12.2 Å². The average molecular weight is 883 g/mol. The van der Waals surface area contributed by atoms with Crippen LogP contribution in [0.15, 0.2) is 60.8 Å². The van der Waals surface area contributed by atoms with E-state index in [9.17, 15) is 19.2 Å². The summed E-state index contributed by atoms with van der Waals surface area (Å²) in [6, 6.07) is 17.9. The number of benzene rings is 3. The Kier molecular flexibility index (Phi) is 12.0. The van der Waals surface area contributed by atoms with Gasteiger partial charge in [0.25, 0.3) is 0 Å². The highest BCUT2D eigenvalue weighted by molar-refractivity contribution is 5.89. The number of amides is 4. The topological polar surface area (TPSA) is 175 Å². The normalized spacial score (nSPS) is 23.3. The van der Waals surface area contributed by atoms with Gasteiger partial charge < -0.3 is 39.9 Å². The molecule has 4 aliphatic rings. The second kappa shape index (κ2) is 17.7. The molecule has 4 N–H and O–H groups in total. The summed E-state index contributed by atoms with van der Waals surface area (Å²) in [4.78, 5) is 73.0. The van der Waals surface area contributed by atoms with Crippen molar-refractivity contribution in [2.75, 3.05) is 14.2 Å². The number of hydrogen-bond donors (Lipinski definition) is 4. The molecule has 342 valence electrons. The van der Waals surface area contributed by atoms with Gasteiger partial charge in [0.2, 0.25) is 11.8 Å². The Morgan fingerprint density at radius 3 is 1.69 bits per heavy atom. The van der Waals surface area contributed by atoms with Crippen molar-refractivity contribution in [2.45, 2.75) is 135 Å². The number of H-pyrrole nitrogens is 2. The van der Waals surface area contributed by atoms with Crippen LogP contribution in [0.1, 0.15) is 133 Å². The molecule has 3 fully saturated rings. The number of nitrogens with zero attached hydrogens (tertiary/aromatic N) is 4. The molecule has 8 atom stereocenters. The highest BCUT2D eigenvalue weighted by Crippen LogP contribution is 2.58. The first-order valence-corrected chi connectivity index (χ1v) is 23.4. The smallest absolute Gasteiger partial charge is 0.407 e. The highest BCUT2D eigenvalue weighted by Gasteiger charge is 2.44. The Morgan fingerprint density at radius 2 is 1.15 bits per heavy atom. The lowest BCUT2D eigenvalue weighted by Gasteiger charge is -2.32. The van der Waals surface area contributed by atoms with Crippen LogP contribution in [0, 0.1) is 11.8 Å². The molecule has 65 heavy (non-hydrogen) atoms. The van der Waals surface area contributed by atoms with Crippen LogP contribution in [0.5, 0.6) is 0 Å². The van der Waals surface area contributed by atoms with Crippen LogP contribution in [0.25, 0.3) is 44.5 Å². The van der Waals surface area contributed by atoms with Crippen molar-refractivity contribution in [2.24, 2.45) is 11.8 Å². The summed E-state index contributed by atoms with van der Waals surface area (Å²) in [6.07, 6.45) is 7.43. The number of aromatic nitrogens is 4. The number of carbonyl (C=O) groups is 4. The molecule has 5 aromatic rings. The van der Waals surface area contributed by atoms with E-state index < -0.39 is 24.3 Å². The zero-order chi connectivity index (χ0) is 45.8. The van der Waals surface area contributed by atoms with Crippen molar-refractivity contribution in [3.63, 3.8) is 0 Å². The van der Waals surface area contributed by atoms with Crippen LogP contribution in [0.4, 0.5) is 9.59 Å². The second-order valence-electron chi connectivity index (χ2n) is 19.4. The molecular formula is C51H62N8O6. The van der Waals surface area contributed by atoms with Gasteiger partial charge in [0, 0.05) is 12.1 Å². The third-order valence-electron chi connectivity index (χ3n) is 14.7. The van der Waals surface area contributed by atoms with Gasteiger partial charge in [-0.2, -0.15) is 0 Å². The lowest BCUT2D eigenvalue weighted by atomic mass is 9.81. The largest absolute Gasteiger partial charge is 0.453 e. The van der Waals surface area contributed by atoms with Crippen molar-refractivity contribution in [1.29, 1.82) is 0 Å². The summed E-state index contributed by atoms with van der Waals surface area (Å²) in [5.74, 6) is 2.06. The van der Waals surface area contributed by atoms with Crippen LogP contribution in [0.3, 0.4) is 0 Å². The first-order chi connectivity index (χ1) is 31.3. The number of ether oxygens (including phenoxy) is 2. The van der Waals surface area contributed by atoms with Gasteiger partial charge in [0.15, 0.2) is 0 Å². The molecule has 14 heteroatoms. The van der Waals surface area contributed by atoms with E-state index in [1.807, 2.05) is 50.6 Å². The number of alkyl carbamates (subject to hydrolysis) is 2. The minimum absolute atomic E-state index is 0.00141. The summed E-state index contributed by atoms with van der Waals surface area (Å²) in [7, 11) is 2.61. The predicted molar refractivity (Wildman–Crippen MR) is 249 cm³/mol. The van der Waals surface area contributed by atoms with Gasteiger partial charge in [-0.15, -0.1) is 0 Å². The molecule has 0 spiro atoms. The summed E-state index contributed by atoms with van der Waals surface area (Å²) in [5.41, 5.74) is 11.5. The maximum absolute atomic E-state index is 14.0. The summed E-state index contributed by atoms with van der Waals surface area (Å²) >= 11 is 0. The molecule has 2 aliphatic carbocycles. The van der Waals surface area contributed by atoms with E-state index in [0.717, 1.165) is 65.2 Å². The number of imidazole rings is 2. The molecule has 14 nitrogen and oxygen atoms in total. The quantitative estimate of drug-likeness (QED) is 0.101. The van der Waals surface area contributed by atoms with E-state index in [0.29, 0.717) is 11.8 Å². The van der Waals surface area contributed by atoms with Crippen molar-refractivity contribution in [1.82, 2.24) is 40.4 Å². The van der Waals surface area contributed by atoms with Gasteiger partial charge in [0.05, 0.1) is 49.2 Å². The average Bonchev–Trinajstić information content (AvgIpc) is 4.18. The third-order valence-corrected chi connectivity index (χ3v) is 14.7. The van der Waals surface area contributed by atoms with Crippen LogP contribution in [-0.4, -0.2) is 92.1 Å². The molecule has 4 amide bonds. The number of hydrogen-bond acceptors (Lipinski definition) is 8. The molecule has 2 bridgehead atoms. The second-order valence-corrected chi connectivity index (χ2v) is 19.4. The zero-order valence-corrected chi connectivity index (χ0v) is 38.7. The van der Waals surface area contributed by atoms with E-state index >= 15 is 0 Å². The van der Waals surface area contributed by atoms with Gasteiger partial charge in [-0.3, -0.25) is 9.59 Å². The molecule has 4 heterocycles. The van der Waals surface area contributed by atoms with Crippen LogP contribution in [-0.2, 0) is 19.1 Å². The fraction of sp³-hybridized carbons (Fsp3) is 0.490. The summed E-state index contributed by atoms with van der Waals surface area (Å²) in [5, 5.41) is 5.50. The minimum Gasteiger partial charge on any atom is -0.453 e. The Labute approximate surface area is 380 Å². The van der Waals surface area contributed by atoms with E-state index in [-0.39, 0.29) is 47.8 Å². The van der Waals surface area contributed by atoms with Crippen LogP contribution < -0.4 is 10.6 Å². The van der Waals surface area contributed by atoms with E-state index in [1.54, 1.807) is 0 Å². The molecule has 3 aromatic carbocycles. The Morgan fingerprint density at radius 1 is 0.646 bits per heavy atom. The molecule has 2 saturated heterocycles. The molecule has 2 unspecified atom stereocenters. The predicted octanol–water partition coefficient (Wildman–Crippen LogP) is 9.52. The Bertz CT molecular complexity index is 2620. The van der Waals surface area contributed by atoms with Crippen molar-refractivity contribution in [3.8, 4) is 33.5 Å². The monoisotopic (exact) mass is 882 g/mol. The number of likely N-dealkylation sites (tertiary alicyclic amines) is 2. The standard InChI is InChI=1S/C51H62N8O6/c1-26(2)44(56-50(62)64-7)48(60)58-28(5)9-21-40(58)46-52-25-39(55-46)31-13-11-30(12-14-31)35-18-19-36(43-34-16-15-33(23-34)42(35)43)32-17-20-37-38(24-32)54-47(53-37)41-22-10-29(6)59(41)49(61)45(27(3)4)57-51(63)65-8/h11-14,17-20,24-29,33-34,40-41,44-45H,9-10,15-16,21-23H2,1-8H3,(H,52,55)(H,53,54)(H,56,62)(H,57,63)/t28-,29-,33?,34?,40-,41-,44-,45-/m0/s1. The van der Waals surface area contributed by atoms with Gasteiger partial charge in [0.1, 0.15) is 23.7 Å². The lowest BCUT2D eigenvalue weighted by Crippen LogP contribution is -2.52. The molecule has 0 radical (unpaired) electrons. The fourth-order valence-corrected chi connectivity index (χ4v) is 11.3. The van der Waals surface area contributed by atoms with Gasteiger partial charge in [-0.25, -0.2) is 19.6 Å². The van der Waals surface area contributed by atoms with Crippen molar-refractivity contribution in [3.05, 3.63) is 83.6 Å². The number of fused-ring (bicyclic) bond motifs is 6. The maximum atomic E-state index is 14.0. The van der Waals surface area contributed by atoms with Gasteiger partial charge in [-0.05, 0) is 134 Å². The number of aromatic amines is 2. The van der Waals surface area contributed by atoms with Crippen molar-refractivity contribution >= 4 is 35.0 Å². The number of carbonyl (C=O) groups excluding carboxylic acids is 4. The number of nitrogens with one attached hydrogen (secondary N) is 4. The fourth-order valence-electron chi connectivity index (χ4n) is 11.3. The van der Waals surface area contributed by atoms with Crippen LogP contribution >= 0.6 is 0 Å². The number of rotatable bonds is 11. The molecular weight excluding hydrogens is 821 g/mol. The first kappa shape index (κ1) is 44.0. The molecule has 2 aliphatic heterocycles. The van der Waals surface area contributed by atoms with E-state index in [4.69, 9.17) is 19.4 Å². The first-order valence-electron chi connectivity index (χ1n) is 23.4. The molecule has 9 rings (SSSR count). The highest BCUT2D eigenvalue weighted by atomic mass is 16.5. The van der Waals surface area contributed by atoms with Crippen molar-refractivity contribution < 1.29 is 28.7 Å². The maximum Gasteiger partial charge on any atom is 0.407 e. The summed E-state index contributed by atoms with van der Waals surface area (Å²) < 4.78 is 9.67. The van der Waals surface area contributed by atoms with Crippen LogP contribution in [0.2, 0.25) is 0 Å². The van der Waals surface area contributed by atoms with E-state index in [2.05, 4.69) is 82.1 Å². The molecule has 2 aromatic heterocycles. The van der Waals surface area contributed by atoms with Gasteiger partial charge in [-0.1, -0.05) is 70.2 Å². The SMILES string of the molecule is COC(=O)N[C@H](C(=O)N1[C@@H](C)CC[C@H]1c1ncc(-c2ccc(-c3ccc(-c4ccc5nc([C@@H]6CC[C@H](C)N6C(=O)[C@@H](NC(=O)OC)C(C)C)[nH]c5c4)c4c3C3CCC4C3)cc2)[nH]1)C(C)C. The summed E-state index contributed by atoms with van der Waals surface area (Å²) in [6.45, 7) is 11.8. The number of methoxy groups -OCH3 is 2. The minimum atomic E-state index is -0.704. The Balaban J connectivity index is 0.960. The zero-order valence-electron chi connectivity index (χ0n) is 38.7.